The lowest BCUT2D eigenvalue weighted by Crippen LogP contribution is -2.25. The zero-order valence-electron chi connectivity index (χ0n) is 21.6. The summed E-state index contributed by atoms with van der Waals surface area (Å²) in [5, 5.41) is 13.4. The Labute approximate surface area is 221 Å². The van der Waals surface area contributed by atoms with Crippen LogP contribution in [0, 0.1) is 19.7 Å². The molecule has 1 amide bonds. The van der Waals surface area contributed by atoms with Gasteiger partial charge in [0, 0.05) is 35.7 Å². The van der Waals surface area contributed by atoms with Crippen molar-refractivity contribution in [1.29, 1.82) is 0 Å². The molecule has 6 nitrogen and oxygen atoms in total. The maximum absolute atomic E-state index is 13.6. The highest BCUT2D eigenvalue weighted by Crippen LogP contribution is 2.44. The third-order valence-corrected chi connectivity index (χ3v) is 7.31. The molecule has 4 aromatic rings. The maximum atomic E-state index is 13.6. The Morgan fingerprint density at radius 1 is 1.00 bits per heavy atom. The Bertz CT molecular complexity index is 1510. The quantitative estimate of drug-likeness (QED) is 0.307. The number of carbonyl (C=O) groups excluding carboxylic acids is 1. The van der Waals surface area contributed by atoms with Gasteiger partial charge in [0.1, 0.15) is 23.1 Å². The minimum absolute atomic E-state index is 0.00422. The number of aryl methyl sites for hydroxylation is 2. The van der Waals surface area contributed by atoms with Gasteiger partial charge in [0.25, 0.3) is 5.91 Å². The number of hydrogen-bond acceptors (Lipinski definition) is 5. The van der Waals surface area contributed by atoms with E-state index in [1.165, 1.54) is 12.1 Å². The smallest absolute Gasteiger partial charge is 0.251 e. The fourth-order valence-electron chi connectivity index (χ4n) is 5.34. The standard InChI is InChI=1S/C31H30FN3O3/c1-17-11-30(33)35-19(3)28(17)15-34-31(37)20-7-9-25-26(12-20)18(2)24-10-8-23(14-27(24)29(25)16-36)38-22-6-4-5-21(32)13-22/h4-14,18,29,36H,15-16H2,1-3H3,(H2,33,35)(H,34,37)/t18-,29-/m1/s1. The van der Waals surface area contributed by atoms with Crippen molar-refractivity contribution in [2.45, 2.75) is 39.2 Å². The summed E-state index contributed by atoms with van der Waals surface area (Å²) >= 11 is 0. The van der Waals surface area contributed by atoms with E-state index in [0.29, 0.717) is 29.4 Å². The van der Waals surface area contributed by atoms with Crippen LogP contribution in [0.5, 0.6) is 11.5 Å². The molecule has 1 heterocycles. The van der Waals surface area contributed by atoms with Gasteiger partial charge in [-0.3, -0.25) is 4.79 Å². The van der Waals surface area contributed by atoms with Gasteiger partial charge in [0.2, 0.25) is 0 Å². The molecule has 3 aromatic carbocycles. The highest BCUT2D eigenvalue weighted by molar-refractivity contribution is 5.94. The van der Waals surface area contributed by atoms with Gasteiger partial charge >= 0.3 is 0 Å². The highest BCUT2D eigenvalue weighted by atomic mass is 19.1. The molecule has 38 heavy (non-hydrogen) atoms. The number of rotatable bonds is 6. The lowest BCUT2D eigenvalue weighted by molar-refractivity contribution is 0.0950. The molecule has 0 saturated carbocycles. The number of aromatic nitrogens is 1. The Balaban J connectivity index is 1.40. The largest absolute Gasteiger partial charge is 0.457 e. The van der Waals surface area contributed by atoms with E-state index in [-0.39, 0.29) is 30.2 Å². The van der Waals surface area contributed by atoms with E-state index >= 15 is 0 Å². The van der Waals surface area contributed by atoms with E-state index in [1.807, 2.05) is 44.2 Å². The lowest BCUT2D eigenvalue weighted by atomic mass is 9.73. The van der Waals surface area contributed by atoms with Gasteiger partial charge in [-0.25, -0.2) is 9.37 Å². The van der Waals surface area contributed by atoms with Crippen molar-refractivity contribution in [3.63, 3.8) is 0 Å². The summed E-state index contributed by atoms with van der Waals surface area (Å²) in [5.41, 5.74) is 13.1. The second kappa shape index (κ2) is 10.3. The van der Waals surface area contributed by atoms with E-state index < -0.39 is 0 Å². The lowest BCUT2D eigenvalue weighted by Gasteiger charge is -2.32. The van der Waals surface area contributed by atoms with Crippen LogP contribution in [-0.4, -0.2) is 22.6 Å². The zero-order chi connectivity index (χ0) is 27.0. The average Bonchev–Trinajstić information content (AvgIpc) is 2.88. The maximum Gasteiger partial charge on any atom is 0.251 e. The number of amides is 1. The van der Waals surface area contributed by atoms with Crippen LogP contribution in [0.1, 0.15) is 68.2 Å². The molecule has 4 N–H and O–H groups in total. The van der Waals surface area contributed by atoms with Crippen LogP contribution in [0.2, 0.25) is 0 Å². The molecular weight excluding hydrogens is 481 g/mol. The minimum Gasteiger partial charge on any atom is -0.457 e. The van der Waals surface area contributed by atoms with Gasteiger partial charge in [0.05, 0.1) is 6.61 Å². The molecule has 0 fully saturated rings. The molecule has 0 saturated heterocycles. The summed E-state index contributed by atoms with van der Waals surface area (Å²) in [7, 11) is 0. The second-order valence-electron chi connectivity index (χ2n) is 9.76. The van der Waals surface area contributed by atoms with Crippen molar-refractivity contribution >= 4 is 11.7 Å². The molecule has 5 rings (SSSR count). The first-order valence-electron chi connectivity index (χ1n) is 12.6. The van der Waals surface area contributed by atoms with Crippen LogP contribution >= 0.6 is 0 Å². The number of nitrogens with one attached hydrogen (secondary N) is 1. The fraction of sp³-hybridized carbons (Fsp3) is 0.226. The number of anilines is 1. The first kappa shape index (κ1) is 25.4. The Morgan fingerprint density at radius 2 is 1.76 bits per heavy atom. The molecule has 0 unspecified atom stereocenters. The molecule has 0 spiro atoms. The first-order valence-corrected chi connectivity index (χ1v) is 12.6. The molecule has 2 atom stereocenters. The predicted molar refractivity (Wildman–Crippen MR) is 145 cm³/mol. The van der Waals surface area contributed by atoms with E-state index in [4.69, 9.17) is 10.5 Å². The summed E-state index contributed by atoms with van der Waals surface area (Å²) < 4.78 is 19.5. The molecule has 1 aromatic heterocycles. The van der Waals surface area contributed by atoms with Crippen molar-refractivity contribution in [2.24, 2.45) is 0 Å². The van der Waals surface area contributed by atoms with Gasteiger partial charge in [-0.05, 0) is 89.7 Å². The summed E-state index contributed by atoms with van der Waals surface area (Å²) in [4.78, 5) is 17.4. The average molecular weight is 512 g/mol. The van der Waals surface area contributed by atoms with Crippen LogP contribution in [0.3, 0.4) is 0 Å². The molecule has 1 aliphatic carbocycles. The number of nitrogen functional groups attached to an aromatic ring is 1. The van der Waals surface area contributed by atoms with Crippen LogP contribution in [0.4, 0.5) is 10.2 Å². The number of pyridine rings is 1. The topological polar surface area (TPSA) is 97.5 Å². The molecule has 0 aliphatic heterocycles. The number of carbonyl (C=O) groups is 1. The van der Waals surface area contributed by atoms with Crippen molar-refractivity contribution in [3.05, 3.63) is 117 Å². The Hall–Kier alpha value is -4.23. The van der Waals surface area contributed by atoms with Gasteiger partial charge in [-0.1, -0.05) is 25.1 Å². The Morgan fingerprint density at radius 3 is 2.50 bits per heavy atom. The first-order chi connectivity index (χ1) is 18.2. The summed E-state index contributed by atoms with van der Waals surface area (Å²) in [6.45, 7) is 6.18. The van der Waals surface area contributed by atoms with Gasteiger partial charge in [-0.2, -0.15) is 0 Å². The molecule has 0 bridgehead atoms. The number of nitrogens with two attached hydrogens (primary N) is 1. The van der Waals surface area contributed by atoms with Crippen molar-refractivity contribution in [2.75, 3.05) is 12.3 Å². The summed E-state index contributed by atoms with van der Waals surface area (Å²) in [6, 6.07) is 19.2. The number of hydrogen-bond donors (Lipinski definition) is 3. The summed E-state index contributed by atoms with van der Waals surface area (Å²) in [6.07, 6.45) is 0. The zero-order valence-corrected chi connectivity index (χ0v) is 21.6. The number of fused-ring (bicyclic) bond motifs is 2. The van der Waals surface area contributed by atoms with Crippen LogP contribution in [-0.2, 0) is 6.54 Å². The van der Waals surface area contributed by atoms with Crippen molar-refractivity contribution in [1.82, 2.24) is 10.3 Å². The van der Waals surface area contributed by atoms with Crippen LogP contribution in [0.25, 0.3) is 0 Å². The monoisotopic (exact) mass is 511 g/mol. The third kappa shape index (κ3) is 4.85. The van der Waals surface area contributed by atoms with Crippen LogP contribution in [0.15, 0.2) is 66.7 Å². The molecule has 0 radical (unpaired) electrons. The molecule has 7 heteroatoms. The van der Waals surface area contributed by atoms with E-state index in [9.17, 15) is 14.3 Å². The number of aliphatic hydroxyl groups excluding tert-OH is 1. The number of halogens is 1. The van der Waals surface area contributed by atoms with E-state index in [1.54, 1.807) is 24.3 Å². The normalized spacial score (nSPS) is 15.9. The van der Waals surface area contributed by atoms with E-state index in [0.717, 1.165) is 39.1 Å². The SMILES string of the molecule is Cc1cc(N)nc(C)c1CNC(=O)c1ccc2c(c1)[C@H](C)c1ccc(Oc3cccc(F)c3)cc1[C@@H]2CO. The summed E-state index contributed by atoms with van der Waals surface area (Å²) in [5.74, 6) is 0.630. The van der Waals surface area contributed by atoms with Crippen molar-refractivity contribution < 1.29 is 19.0 Å². The highest BCUT2D eigenvalue weighted by Gasteiger charge is 2.31. The molecular formula is C31H30FN3O3. The van der Waals surface area contributed by atoms with Crippen LogP contribution < -0.4 is 15.8 Å². The van der Waals surface area contributed by atoms with Gasteiger partial charge in [0.15, 0.2) is 0 Å². The van der Waals surface area contributed by atoms with Crippen molar-refractivity contribution in [3.8, 4) is 11.5 Å². The Kier molecular flexibility index (Phi) is 6.87. The second-order valence-corrected chi connectivity index (χ2v) is 9.76. The molecule has 1 aliphatic rings. The number of ether oxygens (including phenoxy) is 1. The number of benzene rings is 3. The molecule has 194 valence electrons. The fourth-order valence-corrected chi connectivity index (χ4v) is 5.34. The predicted octanol–water partition coefficient (Wildman–Crippen LogP) is 5.73. The van der Waals surface area contributed by atoms with E-state index in [2.05, 4.69) is 17.2 Å². The van der Waals surface area contributed by atoms with Gasteiger partial charge in [-0.15, -0.1) is 0 Å². The number of nitrogens with zero attached hydrogens (tertiary/aromatic N) is 1. The van der Waals surface area contributed by atoms with Gasteiger partial charge < -0.3 is 20.9 Å². The number of aliphatic hydroxyl groups is 1. The minimum atomic E-state index is -0.369. The third-order valence-electron chi connectivity index (χ3n) is 7.31.